The van der Waals surface area contributed by atoms with Gasteiger partial charge in [-0.3, -0.25) is 0 Å². The molecule has 1 saturated heterocycles. The van der Waals surface area contributed by atoms with Gasteiger partial charge in [0.25, 0.3) is 0 Å². The Kier molecular flexibility index (Phi) is 3.93. The smallest absolute Gasteiger partial charge is 0.318 e. The van der Waals surface area contributed by atoms with Crippen LogP contribution in [0, 0.1) is 6.92 Å². The molecule has 2 aromatic heterocycles. The van der Waals surface area contributed by atoms with E-state index in [4.69, 9.17) is 20.5 Å². The first-order chi connectivity index (χ1) is 11.7. The van der Waals surface area contributed by atoms with Gasteiger partial charge in [-0.05, 0) is 38.0 Å². The molecule has 8 heteroatoms. The zero-order valence-corrected chi connectivity index (χ0v) is 13.9. The minimum absolute atomic E-state index is 0.290. The van der Waals surface area contributed by atoms with Crippen LogP contribution in [0.15, 0.2) is 33.2 Å². The van der Waals surface area contributed by atoms with Gasteiger partial charge in [-0.15, -0.1) is 5.10 Å². The van der Waals surface area contributed by atoms with E-state index in [1.54, 1.807) is 0 Å². The summed E-state index contributed by atoms with van der Waals surface area (Å²) in [6.07, 6.45) is 1.83. The summed E-state index contributed by atoms with van der Waals surface area (Å²) < 4.78 is 11.1. The fourth-order valence-electron chi connectivity index (χ4n) is 2.88. The van der Waals surface area contributed by atoms with Crippen LogP contribution in [-0.2, 0) is 0 Å². The van der Waals surface area contributed by atoms with E-state index in [1.807, 2.05) is 31.2 Å². The number of nitrogens with zero attached hydrogens (tertiary/aromatic N) is 5. The Morgan fingerprint density at radius 3 is 2.75 bits per heavy atom. The molecular formula is C16H16ClN5O2. The van der Waals surface area contributed by atoms with Crippen molar-refractivity contribution < 1.29 is 8.94 Å². The van der Waals surface area contributed by atoms with E-state index in [-0.39, 0.29) is 5.92 Å². The number of hydrogen-bond acceptors (Lipinski definition) is 7. The molecule has 0 saturated carbocycles. The lowest BCUT2D eigenvalue weighted by atomic mass is 9.97. The van der Waals surface area contributed by atoms with Gasteiger partial charge in [-0.2, -0.15) is 4.98 Å². The molecule has 0 N–H and O–H groups in total. The summed E-state index contributed by atoms with van der Waals surface area (Å²) in [5.74, 6) is 2.16. The van der Waals surface area contributed by atoms with Gasteiger partial charge in [-0.25, -0.2) is 0 Å². The van der Waals surface area contributed by atoms with Crippen molar-refractivity contribution in [2.75, 3.05) is 18.0 Å². The third kappa shape index (κ3) is 2.99. The molecule has 0 spiro atoms. The molecule has 0 amide bonds. The molecule has 3 heterocycles. The quantitative estimate of drug-likeness (QED) is 0.718. The zero-order chi connectivity index (χ0) is 16.5. The third-order valence-corrected chi connectivity index (χ3v) is 4.38. The maximum absolute atomic E-state index is 6.01. The fourth-order valence-corrected chi connectivity index (χ4v) is 3.07. The molecule has 7 nitrogen and oxygen atoms in total. The highest BCUT2D eigenvalue weighted by Crippen LogP contribution is 2.30. The number of piperidine rings is 1. The van der Waals surface area contributed by atoms with Crippen molar-refractivity contribution in [2.45, 2.75) is 25.7 Å². The van der Waals surface area contributed by atoms with Crippen molar-refractivity contribution in [2.24, 2.45) is 0 Å². The summed E-state index contributed by atoms with van der Waals surface area (Å²) >= 11 is 6.01. The highest BCUT2D eigenvalue weighted by molar-refractivity contribution is 6.30. The number of hydrogen-bond donors (Lipinski definition) is 0. The van der Waals surface area contributed by atoms with Gasteiger partial charge in [0.2, 0.25) is 11.8 Å². The second-order valence-corrected chi connectivity index (χ2v) is 6.28. The summed E-state index contributed by atoms with van der Waals surface area (Å²) in [5.41, 5.74) is 0.817. The maximum Gasteiger partial charge on any atom is 0.318 e. The Morgan fingerprint density at radius 2 is 2.04 bits per heavy atom. The van der Waals surface area contributed by atoms with Crippen molar-refractivity contribution in [3.05, 3.63) is 41.0 Å². The summed E-state index contributed by atoms with van der Waals surface area (Å²) in [6, 6.07) is 7.91. The molecular weight excluding hydrogens is 330 g/mol. The van der Waals surface area contributed by atoms with Crippen LogP contribution in [0.25, 0.3) is 11.5 Å². The summed E-state index contributed by atoms with van der Waals surface area (Å²) in [5, 5.41) is 12.8. The second-order valence-electron chi connectivity index (χ2n) is 5.84. The first-order valence-corrected chi connectivity index (χ1v) is 8.21. The SMILES string of the molecule is Cc1noc(C2CCN(c3nnc(-c4cccc(Cl)c4)o3)CC2)n1. The molecule has 1 fully saturated rings. The van der Waals surface area contributed by atoms with Crippen LogP contribution >= 0.6 is 11.6 Å². The van der Waals surface area contributed by atoms with Gasteiger partial charge in [0, 0.05) is 29.6 Å². The highest BCUT2D eigenvalue weighted by Gasteiger charge is 2.27. The number of anilines is 1. The number of rotatable bonds is 3. The van der Waals surface area contributed by atoms with E-state index in [2.05, 4.69) is 25.2 Å². The lowest BCUT2D eigenvalue weighted by Crippen LogP contribution is -2.33. The molecule has 0 aliphatic carbocycles. The Hall–Kier alpha value is -2.41. The number of aromatic nitrogens is 4. The van der Waals surface area contributed by atoms with Crippen LogP contribution in [0.4, 0.5) is 6.01 Å². The van der Waals surface area contributed by atoms with Crippen molar-refractivity contribution >= 4 is 17.6 Å². The molecule has 4 rings (SSSR count). The lowest BCUT2D eigenvalue weighted by Gasteiger charge is -2.28. The molecule has 124 valence electrons. The minimum Gasteiger partial charge on any atom is -0.403 e. The van der Waals surface area contributed by atoms with E-state index in [9.17, 15) is 0 Å². The van der Waals surface area contributed by atoms with Crippen LogP contribution in [0.3, 0.4) is 0 Å². The fraction of sp³-hybridized carbons (Fsp3) is 0.375. The van der Waals surface area contributed by atoms with Gasteiger partial charge in [0.15, 0.2) is 5.82 Å². The Balaban J connectivity index is 1.45. The van der Waals surface area contributed by atoms with Crippen LogP contribution in [0.2, 0.25) is 5.02 Å². The molecule has 1 aliphatic heterocycles. The van der Waals surface area contributed by atoms with E-state index >= 15 is 0 Å². The van der Waals surface area contributed by atoms with Crippen LogP contribution in [-0.4, -0.2) is 33.4 Å². The van der Waals surface area contributed by atoms with Crippen LogP contribution in [0.1, 0.15) is 30.5 Å². The van der Waals surface area contributed by atoms with Crippen molar-refractivity contribution in [3.8, 4) is 11.5 Å². The van der Waals surface area contributed by atoms with Crippen molar-refractivity contribution in [1.82, 2.24) is 20.3 Å². The summed E-state index contributed by atoms with van der Waals surface area (Å²) in [7, 11) is 0. The monoisotopic (exact) mass is 345 g/mol. The van der Waals surface area contributed by atoms with Crippen molar-refractivity contribution in [3.63, 3.8) is 0 Å². The third-order valence-electron chi connectivity index (χ3n) is 4.14. The van der Waals surface area contributed by atoms with E-state index in [0.29, 0.717) is 22.8 Å². The summed E-state index contributed by atoms with van der Waals surface area (Å²) in [6.45, 7) is 3.45. The largest absolute Gasteiger partial charge is 0.403 e. The summed E-state index contributed by atoms with van der Waals surface area (Å²) in [4.78, 5) is 6.41. The van der Waals surface area contributed by atoms with E-state index in [1.165, 1.54) is 0 Å². The van der Waals surface area contributed by atoms with Gasteiger partial charge >= 0.3 is 6.01 Å². The van der Waals surface area contributed by atoms with Crippen molar-refractivity contribution in [1.29, 1.82) is 0 Å². The maximum atomic E-state index is 6.01. The first-order valence-electron chi connectivity index (χ1n) is 7.83. The van der Waals surface area contributed by atoms with Gasteiger partial charge in [0.1, 0.15) is 0 Å². The number of halogens is 1. The van der Waals surface area contributed by atoms with E-state index in [0.717, 1.165) is 37.4 Å². The predicted octanol–water partition coefficient (Wildman–Crippen LogP) is 3.47. The topological polar surface area (TPSA) is 81.1 Å². The first kappa shape index (κ1) is 15.1. The van der Waals surface area contributed by atoms with Gasteiger partial charge in [-0.1, -0.05) is 27.9 Å². The number of benzene rings is 1. The average Bonchev–Trinajstić information content (AvgIpc) is 3.24. The lowest BCUT2D eigenvalue weighted by molar-refractivity contribution is 0.324. The number of aryl methyl sites for hydroxylation is 1. The Labute approximate surface area is 143 Å². The standard InChI is InChI=1S/C16H16ClN5O2/c1-10-18-14(24-21-10)11-5-7-22(8-6-11)16-20-19-15(23-16)12-3-2-4-13(17)9-12/h2-4,9,11H,5-8H2,1H3. The highest BCUT2D eigenvalue weighted by atomic mass is 35.5. The minimum atomic E-state index is 0.290. The molecule has 24 heavy (non-hydrogen) atoms. The molecule has 0 atom stereocenters. The van der Waals surface area contributed by atoms with Gasteiger partial charge < -0.3 is 13.8 Å². The van der Waals surface area contributed by atoms with Crippen LogP contribution in [0.5, 0.6) is 0 Å². The normalized spacial score (nSPS) is 15.8. The van der Waals surface area contributed by atoms with Gasteiger partial charge in [0.05, 0.1) is 0 Å². The molecule has 1 aliphatic rings. The van der Waals surface area contributed by atoms with Crippen LogP contribution < -0.4 is 4.90 Å². The second kappa shape index (κ2) is 6.24. The molecule has 0 bridgehead atoms. The Bertz CT molecular complexity index is 838. The Morgan fingerprint density at radius 1 is 1.21 bits per heavy atom. The molecule has 3 aromatic rings. The molecule has 0 radical (unpaired) electrons. The van der Waals surface area contributed by atoms with E-state index < -0.39 is 0 Å². The molecule has 0 unspecified atom stereocenters. The average molecular weight is 346 g/mol. The predicted molar refractivity (Wildman–Crippen MR) is 88.0 cm³/mol. The molecule has 1 aromatic carbocycles. The zero-order valence-electron chi connectivity index (χ0n) is 13.1.